The van der Waals surface area contributed by atoms with Gasteiger partial charge in [-0.15, -0.1) is 0 Å². The first kappa shape index (κ1) is 24.6. The zero-order chi connectivity index (χ0) is 24.5. The van der Waals surface area contributed by atoms with E-state index in [4.69, 9.17) is 9.47 Å². The molecule has 179 valence electrons. The lowest BCUT2D eigenvalue weighted by Crippen LogP contribution is -2.69. The summed E-state index contributed by atoms with van der Waals surface area (Å²) in [4.78, 5) is 38.8. The highest BCUT2D eigenvalue weighted by atomic mass is 28.2. The molecule has 2 aromatic heterocycles. The van der Waals surface area contributed by atoms with Crippen molar-refractivity contribution in [1.29, 1.82) is 0 Å². The highest BCUT2D eigenvalue weighted by Gasteiger charge is 2.57. The Labute approximate surface area is 204 Å². The van der Waals surface area contributed by atoms with E-state index in [1.54, 1.807) is 18.3 Å². The number of aromatic nitrogens is 3. The average molecular weight is 500 g/mol. The van der Waals surface area contributed by atoms with Crippen molar-refractivity contribution in [3.8, 4) is 5.88 Å². The number of anilines is 1. The molecule has 12 heteroatoms. The van der Waals surface area contributed by atoms with Gasteiger partial charge in [-0.1, -0.05) is 0 Å². The van der Waals surface area contributed by atoms with Crippen LogP contribution in [0.3, 0.4) is 0 Å². The third-order valence-corrected chi connectivity index (χ3v) is 8.63. The molecular weight excluding hydrogens is 470 g/mol. The van der Waals surface area contributed by atoms with E-state index in [0.717, 1.165) is 17.7 Å². The van der Waals surface area contributed by atoms with Crippen LogP contribution in [-0.2, 0) is 16.0 Å². The van der Waals surface area contributed by atoms with E-state index in [2.05, 4.69) is 30.7 Å². The number of hydrogen-bond donors (Lipinski definition) is 3. The highest BCUT2D eigenvalue weighted by Crippen LogP contribution is 2.43. The van der Waals surface area contributed by atoms with Gasteiger partial charge in [0.15, 0.2) is 5.82 Å². The SMILES string of the molecule is COc1cc(CC(=O)Nc2cc([C@@H]3CCC([Si])(OC(=O)[N+]4(C)CC([Si]O)[C@H]4C)C3)[nH]n2)ccn1. The summed E-state index contributed by atoms with van der Waals surface area (Å²) in [7, 11) is 6.95. The summed E-state index contributed by atoms with van der Waals surface area (Å²) in [5, 5.41) is 9.31. The predicted molar refractivity (Wildman–Crippen MR) is 126 cm³/mol. The van der Waals surface area contributed by atoms with Gasteiger partial charge in [-0.2, -0.15) is 9.89 Å². The quantitative estimate of drug-likeness (QED) is 0.389. The molecule has 3 heterocycles. The van der Waals surface area contributed by atoms with Gasteiger partial charge in [-0.3, -0.25) is 9.89 Å². The van der Waals surface area contributed by atoms with Crippen LogP contribution < -0.4 is 10.1 Å². The third kappa shape index (κ3) is 4.94. The minimum absolute atomic E-state index is 0.0373. The van der Waals surface area contributed by atoms with Crippen LogP contribution >= 0.6 is 0 Å². The normalized spacial score (nSPS) is 30.4. The van der Waals surface area contributed by atoms with Crippen molar-refractivity contribution < 1.29 is 28.3 Å². The molecule has 5 atom stereocenters. The van der Waals surface area contributed by atoms with E-state index < -0.39 is 5.22 Å². The molecule has 2 fully saturated rings. The van der Waals surface area contributed by atoms with Crippen molar-refractivity contribution in [2.75, 3.05) is 26.0 Å². The van der Waals surface area contributed by atoms with Crippen molar-refractivity contribution in [2.45, 2.75) is 55.3 Å². The van der Waals surface area contributed by atoms with E-state index in [1.165, 1.54) is 7.11 Å². The van der Waals surface area contributed by atoms with Crippen LogP contribution in [0.4, 0.5) is 10.6 Å². The van der Waals surface area contributed by atoms with Crippen molar-refractivity contribution >= 4 is 37.8 Å². The number of nitrogens with zero attached hydrogens (tertiary/aromatic N) is 3. The summed E-state index contributed by atoms with van der Waals surface area (Å²) in [5.74, 6) is 0.829. The summed E-state index contributed by atoms with van der Waals surface area (Å²) >= 11 is 0. The molecule has 2 amide bonds. The van der Waals surface area contributed by atoms with Gasteiger partial charge >= 0.3 is 6.09 Å². The van der Waals surface area contributed by atoms with Gasteiger partial charge < -0.3 is 19.6 Å². The first-order valence-corrected chi connectivity index (χ1v) is 12.8. The number of quaternary nitrogens is 1. The Morgan fingerprint density at radius 1 is 1.44 bits per heavy atom. The Balaban J connectivity index is 1.32. The fourth-order valence-electron chi connectivity index (χ4n) is 4.67. The molecule has 3 unspecified atom stereocenters. The number of likely N-dealkylation sites (tertiary alicyclic amines) is 1. The lowest BCUT2D eigenvalue weighted by molar-refractivity contribution is -0.903. The van der Waals surface area contributed by atoms with Gasteiger partial charge in [-0.05, 0) is 37.8 Å². The number of hydrogen-bond acceptors (Lipinski definition) is 7. The Kier molecular flexibility index (Phi) is 6.94. The molecule has 1 saturated carbocycles. The number of carbonyl (C=O) groups is 2. The largest absolute Gasteiger partial charge is 0.516 e. The number of pyridine rings is 1. The molecule has 10 nitrogen and oxygen atoms in total. The van der Waals surface area contributed by atoms with Crippen LogP contribution in [0.25, 0.3) is 0 Å². The number of amides is 2. The fraction of sp³-hybridized carbons (Fsp3) is 0.545. The Hall–Kier alpha value is -2.55. The van der Waals surface area contributed by atoms with Crippen LogP contribution in [-0.4, -0.2) is 88.4 Å². The third-order valence-electron chi connectivity index (χ3n) is 7.07. The lowest BCUT2D eigenvalue weighted by atomic mass is 10.0. The molecular formula is C22H29N5O5Si2+. The minimum atomic E-state index is -0.746. The number of carbonyl (C=O) groups excluding carboxylic acids is 2. The number of ether oxygens (including phenoxy) is 2. The van der Waals surface area contributed by atoms with Gasteiger partial charge in [0.1, 0.15) is 6.04 Å². The van der Waals surface area contributed by atoms with E-state index in [0.29, 0.717) is 31.1 Å². The van der Waals surface area contributed by atoms with Gasteiger partial charge in [0.2, 0.25) is 21.6 Å². The topological polar surface area (TPSA) is 126 Å². The molecule has 2 aromatic rings. The molecule has 0 spiro atoms. The van der Waals surface area contributed by atoms with Gasteiger partial charge in [0, 0.05) is 29.9 Å². The highest BCUT2D eigenvalue weighted by molar-refractivity contribution is 6.28. The second-order valence-electron chi connectivity index (χ2n) is 9.37. The second kappa shape index (κ2) is 9.60. The Morgan fingerprint density at radius 3 is 2.94 bits per heavy atom. The van der Waals surface area contributed by atoms with Crippen molar-refractivity contribution in [1.82, 2.24) is 15.2 Å². The van der Waals surface area contributed by atoms with Crippen LogP contribution in [0.5, 0.6) is 5.88 Å². The lowest BCUT2D eigenvalue weighted by Gasteiger charge is -2.49. The van der Waals surface area contributed by atoms with E-state index in [1.807, 2.05) is 20.0 Å². The molecule has 4 rings (SSSR count). The number of rotatable bonds is 7. The molecule has 3 N–H and O–H groups in total. The molecule has 34 heavy (non-hydrogen) atoms. The summed E-state index contributed by atoms with van der Waals surface area (Å²) in [6, 6.07) is 5.35. The van der Waals surface area contributed by atoms with E-state index >= 15 is 0 Å². The van der Waals surface area contributed by atoms with Gasteiger partial charge in [-0.25, -0.2) is 9.47 Å². The first-order valence-electron chi connectivity index (χ1n) is 11.2. The maximum absolute atomic E-state index is 12.9. The van der Waals surface area contributed by atoms with Crippen molar-refractivity contribution in [3.05, 3.63) is 35.7 Å². The van der Waals surface area contributed by atoms with Gasteiger partial charge in [0.25, 0.3) is 0 Å². The van der Waals surface area contributed by atoms with Gasteiger partial charge in [0.05, 0.1) is 48.1 Å². The molecule has 1 saturated heterocycles. The Morgan fingerprint density at radius 2 is 2.24 bits per heavy atom. The summed E-state index contributed by atoms with van der Waals surface area (Å²) in [6.45, 7) is 2.57. The number of methoxy groups -OCH3 is 1. The number of aromatic amines is 1. The first-order chi connectivity index (χ1) is 16.2. The molecule has 0 bridgehead atoms. The molecule has 5 radical (unpaired) electrons. The zero-order valence-corrected chi connectivity index (χ0v) is 21.5. The molecule has 1 aliphatic carbocycles. The second-order valence-corrected chi connectivity index (χ2v) is 11.3. The van der Waals surface area contributed by atoms with Crippen LogP contribution in [0.15, 0.2) is 24.4 Å². The number of nitrogens with one attached hydrogen (secondary N) is 2. The fourth-order valence-corrected chi connectivity index (χ4v) is 6.15. The summed E-state index contributed by atoms with van der Waals surface area (Å²) in [6.07, 6.45) is 3.58. The molecule has 1 aliphatic heterocycles. The molecule has 0 aromatic carbocycles. The smallest absolute Gasteiger partial charge is 0.481 e. The maximum Gasteiger partial charge on any atom is 0.516 e. The van der Waals surface area contributed by atoms with Crippen LogP contribution in [0.2, 0.25) is 5.54 Å². The maximum atomic E-state index is 12.9. The Bertz CT molecular complexity index is 1070. The number of H-pyrrole nitrogens is 1. The van der Waals surface area contributed by atoms with Crippen molar-refractivity contribution in [3.63, 3.8) is 0 Å². The summed E-state index contributed by atoms with van der Waals surface area (Å²) in [5.41, 5.74) is 1.83. The monoisotopic (exact) mass is 499 g/mol. The summed E-state index contributed by atoms with van der Waals surface area (Å²) < 4.78 is 11.2. The van der Waals surface area contributed by atoms with Crippen molar-refractivity contribution in [2.24, 2.45) is 0 Å². The van der Waals surface area contributed by atoms with Crippen LogP contribution in [0.1, 0.15) is 43.4 Å². The molecule has 2 aliphatic rings. The zero-order valence-electron chi connectivity index (χ0n) is 19.5. The van der Waals surface area contributed by atoms with E-state index in [9.17, 15) is 14.4 Å². The standard InChI is InChI=1S/C22H28N5O5Si2/c1-13-17(34-30)12-27(13,2)21(29)32-22(33)6-4-15(11-22)16-10-18(26-25-16)24-19(28)8-14-5-7-23-20(9-14)31-3/h5,7,9-10,13,15,17,30H,4,6,8,11-12H2,1-3H3,(H-,24,25,26,28)/p+1/t13-,15-,17?,22?,27?/m1/s1. The van der Waals surface area contributed by atoms with E-state index in [-0.39, 0.29) is 50.2 Å². The predicted octanol–water partition coefficient (Wildman–Crippen LogP) is 1.51. The van der Waals surface area contributed by atoms with Crippen LogP contribution in [0, 0.1) is 0 Å². The average Bonchev–Trinajstić information content (AvgIpc) is 3.43. The minimum Gasteiger partial charge on any atom is -0.481 e.